The number of benzene rings is 1. The van der Waals surface area contributed by atoms with E-state index in [1.807, 2.05) is 0 Å². The number of carbonyl (C=O) groups excluding carboxylic acids is 1. The van der Waals surface area contributed by atoms with Crippen LogP contribution in [0.1, 0.15) is 6.92 Å². The summed E-state index contributed by atoms with van der Waals surface area (Å²) in [6.07, 6.45) is -0.893. The molecule has 6 nitrogen and oxygen atoms in total. The van der Waals surface area contributed by atoms with Gasteiger partial charge in [0.2, 0.25) is 0 Å². The van der Waals surface area contributed by atoms with E-state index in [0.29, 0.717) is 11.6 Å². The molecule has 8 heteroatoms. The monoisotopic (exact) mass is 347 g/mol. The SMILES string of the molecule is CC(Oc1cccc(Cl)c1Cl)C(=O)N1CCOCC1C(=O)O. The normalized spacial score (nSPS) is 19.6. The van der Waals surface area contributed by atoms with Crippen LogP contribution in [0.15, 0.2) is 18.2 Å². The minimum atomic E-state index is -1.11. The van der Waals surface area contributed by atoms with Gasteiger partial charge in [0.25, 0.3) is 5.91 Å². The molecular weight excluding hydrogens is 333 g/mol. The molecule has 0 spiro atoms. The van der Waals surface area contributed by atoms with Crippen molar-refractivity contribution >= 4 is 35.1 Å². The van der Waals surface area contributed by atoms with Gasteiger partial charge in [-0.15, -0.1) is 0 Å². The second kappa shape index (κ2) is 7.17. The van der Waals surface area contributed by atoms with E-state index in [1.54, 1.807) is 18.2 Å². The molecule has 0 aromatic heterocycles. The number of hydrogen-bond donors (Lipinski definition) is 1. The van der Waals surface area contributed by atoms with Crippen molar-refractivity contribution in [2.75, 3.05) is 19.8 Å². The molecule has 1 aromatic carbocycles. The summed E-state index contributed by atoms with van der Waals surface area (Å²) in [6, 6.07) is 3.83. The predicted molar refractivity (Wildman–Crippen MR) is 80.5 cm³/mol. The smallest absolute Gasteiger partial charge is 0.328 e. The average Bonchev–Trinajstić information content (AvgIpc) is 2.51. The second-order valence-electron chi connectivity index (χ2n) is 4.77. The Balaban J connectivity index is 2.11. The van der Waals surface area contributed by atoms with E-state index in [1.165, 1.54) is 11.8 Å². The fourth-order valence-electron chi connectivity index (χ4n) is 2.12. The highest BCUT2D eigenvalue weighted by molar-refractivity contribution is 6.42. The lowest BCUT2D eigenvalue weighted by molar-refractivity contribution is -0.161. The Morgan fingerprint density at radius 2 is 2.18 bits per heavy atom. The van der Waals surface area contributed by atoms with Crippen molar-refractivity contribution in [3.8, 4) is 5.75 Å². The molecule has 2 rings (SSSR count). The topological polar surface area (TPSA) is 76.1 Å². The maximum absolute atomic E-state index is 12.4. The zero-order chi connectivity index (χ0) is 16.3. The Morgan fingerprint density at radius 1 is 1.45 bits per heavy atom. The molecule has 1 aromatic rings. The van der Waals surface area contributed by atoms with Crippen molar-refractivity contribution < 1.29 is 24.2 Å². The van der Waals surface area contributed by atoms with Crippen LogP contribution in [0.3, 0.4) is 0 Å². The molecule has 1 aliphatic heterocycles. The number of morpholine rings is 1. The van der Waals surface area contributed by atoms with Gasteiger partial charge in [0.05, 0.1) is 18.2 Å². The van der Waals surface area contributed by atoms with Gasteiger partial charge in [-0.2, -0.15) is 0 Å². The van der Waals surface area contributed by atoms with Crippen LogP contribution in [-0.4, -0.2) is 53.8 Å². The summed E-state index contributed by atoms with van der Waals surface area (Å²) >= 11 is 11.9. The van der Waals surface area contributed by atoms with Gasteiger partial charge in [0.15, 0.2) is 12.1 Å². The number of rotatable bonds is 4. The van der Waals surface area contributed by atoms with E-state index in [2.05, 4.69) is 0 Å². The Labute approximate surface area is 137 Å². The van der Waals surface area contributed by atoms with Gasteiger partial charge in [-0.05, 0) is 19.1 Å². The first-order chi connectivity index (χ1) is 10.4. The highest BCUT2D eigenvalue weighted by atomic mass is 35.5. The molecule has 0 radical (unpaired) electrons. The minimum absolute atomic E-state index is 0.0360. The number of carboxylic acids is 1. The van der Waals surface area contributed by atoms with Crippen molar-refractivity contribution in [2.45, 2.75) is 19.1 Å². The molecular formula is C14H15Cl2NO5. The molecule has 1 saturated heterocycles. The van der Waals surface area contributed by atoms with E-state index < -0.39 is 24.0 Å². The van der Waals surface area contributed by atoms with Crippen molar-refractivity contribution in [1.29, 1.82) is 0 Å². The van der Waals surface area contributed by atoms with Crippen LogP contribution in [0.4, 0.5) is 0 Å². The lowest BCUT2D eigenvalue weighted by atomic mass is 10.2. The summed E-state index contributed by atoms with van der Waals surface area (Å²) in [5.41, 5.74) is 0. The van der Waals surface area contributed by atoms with Gasteiger partial charge in [0, 0.05) is 6.54 Å². The fourth-order valence-corrected chi connectivity index (χ4v) is 2.46. The zero-order valence-corrected chi connectivity index (χ0v) is 13.3. The van der Waals surface area contributed by atoms with Crippen molar-refractivity contribution in [3.05, 3.63) is 28.2 Å². The van der Waals surface area contributed by atoms with Gasteiger partial charge in [0.1, 0.15) is 10.8 Å². The molecule has 1 heterocycles. The van der Waals surface area contributed by atoms with Crippen LogP contribution in [0.5, 0.6) is 5.75 Å². The van der Waals surface area contributed by atoms with Gasteiger partial charge >= 0.3 is 5.97 Å². The Bertz CT molecular complexity index is 580. The third-order valence-corrected chi connectivity index (χ3v) is 4.07. The molecule has 0 bridgehead atoms. The fraction of sp³-hybridized carbons (Fsp3) is 0.429. The number of carbonyl (C=O) groups is 2. The number of aliphatic carboxylic acids is 1. The summed E-state index contributed by atoms with van der Waals surface area (Å²) in [7, 11) is 0. The first-order valence-corrected chi connectivity index (χ1v) is 7.39. The summed E-state index contributed by atoms with van der Waals surface area (Å²) < 4.78 is 10.6. The number of ether oxygens (including phenoxy) is 2. The molecule has 22 heavy (non-hydrogen) atoms. The lowest BCUT2D eigenvalue weighted by Crippen LogP contribution is -2.55. The third kappa shape index (κ3) is 3.63. The molecule has 1 aliphatic rings. The van der Waals surface area contributed by atoms with Crippen LogP contribution >= 0.6 is 23.2 Å². The highest BCUT2D eigenvalue weighted by Crippen LogP contribution is 2.32. The van der Waals surface area contributed by atoms with Crippen LogP contribution < -0.4 is 4.74 Å². The number of nitrogens with zero attached hydrogens (tertiary/aromatic N) is 1. The van der Waals surface area contributed by atoms with Crippen molar-refractivity contribution in [1.82, 2.24) is 4.90 Å². The Hall–Kier alpha value is -1.50. The number of halogens is 2. The zero-order valence-electron chi connectivity index (χ0n) is 11.8. The van der Waals surface area contributed by atoms with Crippen LogP contribution in [-0.2, 0) is 14.3 Å². The predicted octanol–water partition coefficient (Wildman–Crippen LogP) is 2.07. The second-order valence-corrected chi connectivity index (χ2v) is 5.56. The molecule has 120 valence electrons. The molecule has 1 amide bonds. The quantitative estimate of drug-likeness (QED) is 0.902. The summed E-state index contributed by atoms with van der Waals surface area (Å²) in [5.74, 6) is -1.28. The van der Waals surface area contributed by atoms with E-state index in [0.717, 1.165) is 0 Å². The summed E-state index contributed by atoms with van der Waals surface area (Å²) in [5, 5.41) is 9.68. The Morgan fingerprint density at radius 3 is 2.86 bits per heavy atom. The van der Waals surface area contributed by atoms with Crippen LogP contribution in [0.2, 0.25) is 10.0 Å². The van der Waals surface area contributed by atoms with Crippen molar-refractivity contribution in [2.24, 2.45) is 0 Å². The molecule has 2 unspecified atom stereocenters. The van der Waals surface area contributed by atoms with E-state index >= 15 is 0 Å². The van der Waals surface area contributed by atoms with E-state index in [-0.39, 0.29) is 23.9 Å². The van der Waals surface area contributed by atoms with Gasteiger partial charge < -0.3 is 19.5 Å². The van der Waals surface area contributed by atoms with E-state index in [4.69, 9.17) is 37.8 Å². The van der Waals surface area contributed by atoms with Crippen LogP contribution in [0, 0.1) is 0 Å². The number of amides is 1. The van der Waals surface area contributed by atoms with Gasteiger partial charge in [-0.3, -0.25) is 4.79 Å². The van der Waals surface area contributed by atoms with Crippen molar-refractivity contribution in [3.63, 3.8) is 0 Å². The lowest BCUT2D eigenvalue weighted by Gasteiger charge is -2.34. The maximum atomic E-state index is 12.4. The number of carboxylic acid groups (broad SMARTS) is 1. The number of hydrogen-bond acceptors (Lipinski definition) is 4. The Kier molecular flexibility index (Phi) is 5.50. The van der Waals surface area contributed by atoms with Gasteiger partial charge in [-0.25, -0.2) is 4.79 Å². The van der Waals surface area contributed by atoms with Crippen LogP contribution in [0.25, 0.3) is 0 Å². The third-order valence-electron chi connectivity index (χ3n) is 3.26. The van der Waals surface area contributed by atoms with E-state index in [9.17, 15) is 9.59 Å². The molecule has 1 fully saturated rings. The summed E-state index contributed by atoms with van der Waals surface area (Å²) in [6.45, 7) is 1.99. The minimum Gasteiger partial charge on any atom is -0.480 e. The first-order valence-electron chi connectivity index (χ1n) is 6.63. The largest absolute Gasteiger partial charge is 0.480 e. The maximum Gasteiger partial charge on any atom is 0.328 e. The highest BCUT2D eigenvalue weighted by Gasteiger charge is 2.35. The van der Waals surface area contributed by atoms with Gasteiger partial charge in [-0.1, -0.05) is 29.3 Å². The first kappa shape index (κ1) is 16.9. The standard InChI is InChI=1S/C14H15Cl2NO5/c1-8(22-11-4-2-3-9(15)12(11)16)13(18)17-5-6-21-7-10(17)14(19)20/h2-4,8,10H,5-7H2,1H3,(H,19,20). The average molecular weight is 348 g/mol. The summed E-state index contributed by atoms with van der Waals surface area (Å²) in [4.78, 5) is 24.9. The molecule has 0 aliphatic carbocycles. The molecule has 1 N–H and O–H groups in total. The molecule has 0 saturated carbocycles. The molecule has 2 atom stereocenters.